The van der Waals surface area contributed by atoms with Crippen LogP contribution in [0.15, 0.2) is 54.9 Å². The number of nitrogens with zero attached hydrogens (tertiary/aromatic N) is 3. The van der Waals surface area contributed by atoms with E-state index in [1.54, 1.807) is 25.6 Å². The number of nitrogens with one attached hydrogen (secondary N) is 1. The van der Waals surface area contributed by atoms with E-state index >= 15 is 0 Å². The van der Waals surface area contributed by atoms with Crippen LogP contribution in [0.1, 0.15) is 11.3 Å². The molecule has 0 radical (unpaired) electrons. The van der Waals surface area contributed by atoms with Gasteiger partial charge in [0.25, 0.3) is 0 Å². The first kappa shape index (κ1) is 20.2. The third-order valence-electron chi connectivity index (χ3n) is 4.46. The summed E-state index contributed by atoms with van der Waals surface area (Å²) < 4.78 is 11.5. The average molecular weight is 441 g/mol. The molecule has 0 bridgehead atoms. The van der Waals surface area contributed by atoms with Gasteiger partial charge >= 0.3 is 0 Å². The van der Waals surface area contributed by atoms with Gasteiger partial charge in [0, 0.05) is 35.3 Å². The maximum Gasteiger partial charge on any atom is 0.140 e. The van der Waals surface area contributed by atoms with E-state index in [0.29, 0.717) is 39.9 Å². The van der Waals surface area contributed by atoms with Gasteiger partial charge in [-0.1, -0.05) is 23.2 Å². The van der Waals surface area contributed by atoms with E-state index in [1.807, 2.05) is 43.3 Å². The summed E-state index contributed by atoms with van der Waals surface area (Å²) in [5.74, 6) is 1.88. The molecular weight excluding hydrogens is 423 g/mol. The fourth-order valence-corrected chi connectivity index (χ4v) is 3.35. The minimum Gasteiger partial charge on any atom is -0.496 e. The number of hydrogen-bond acceptors (Lipinski definition) is 5. The van der Waals surface area contributed by atoms with Gasteiger partial charge in [-0.25, -0.2) is 9.97 Å². The number of H-pyrrole nitrogens is 1. The van der Waals surface area contributed by atoms with Crippen molar-refractivity contribution in [2.45, 2.75) is 13.5 Å². The number of aromatic nitrogens is 4. The lowest BCUT2D eigenvalue weighted by atomic mass is 10.1. The van der Waals surface area contributed by atoms with E-state index in [9.17, 15) is 0 Å². The summed E-state index contributed by atoms with van der Waals surface area (Å²) in [6, 6.07) is 13.0. The van der Waals surface area contributed by atoms with Crippen molar-refractivity contribution >= 4 is 23.2 Å². The largest absolute Gasteiger partial charge is 0.496 e. The van der Waals surface area contributed by atoms with Crippen molar-refractivity contribution in [3.8, 4) is 34.1 Å². The number of hydrogen-bond donors (Lipinski definition) is 1. The summed E-state index contributed by atoms with van der Waals surface area (Å²) in [6.07, 6.45) is 3.40. The fraction of sp³-hybridized carbons (Fsp3) is 0.136. The number of methoxy groups -OCH3 is 1. The summed E-state index contributed by atoms with van der Waals surface area (Å²) in [6.45, 7) is 2.38. The monoisotopic (exact) mass is 440 g/mol. The molecule has 0 saturated heterocycles. The van der Waals surface area contributed by atoms with Crippen molar-refractivity contribution in [1.29, 1.82) is 0 Å². The summed E-state index contributed by atoms with van der Waals surface area (Å²) in [5.41, 5.74) is 4.10. The molecular formula is C22H18Cl2N4O2. The second-order valence-corrected chi connectivity index (χ2v) is 7.34. The molecule has 0 fully saturated rings. The first-order valence-electron chi connectivity index (χ1n) is 9.13. The lowest BCUT2D eigenvalue weighted by Crippen LogP contribution is -1.97. The highest BCUT2D eigenvalue weighted by Crippen LogP contribution is 2.37. The van der Waals surface area contributed by atoms with Gasteiger partial charge in [-0.15, -0.1) is 0 Å². The molecule has 4 rings (SSSR count). The zero-order valence-electron chi connectivity index (χ0n) is 16.3. The van der Waals surface area contributed by atoms with Crippen molar-refractivity contribution in [3.05, 3.63) is 76.4 Å². The SMILES string of the molecule is COc1cc(OCc2ccnc(C)c2)ccc1-c1nc(-c2ccc(Cl)nc2)[nH]c1Cl. The summed E-state index contributed by atoms with van der Waals surface area (Å²) in [7, 11) is 1.60. The molecule has 4 aromatic rings. The van der Waals surface area contributed by atoms with Gasteiger partial charge < -0.3 is 14.5 Å². The Balaban J connectivity index is 1.59. The number of aromatic amines is 1. The van der Waals surface area contributed by atoms with Crippen LogP contribution in [0.2, 0.25) is 10.3 Å². The molecule has 0 saturated carbocycles. The molecule has 6 nitrogen and oxygen atoms in total. The Hall–Kier alpha value is -3.09. The Morgan fingerprint density at radius 1 is 1.03 bits per heavy atom. The highest BCUT2D eigenvalue weighted by molar-refractivity contribution is 6.32. The summed E-state index contributed by atoms with van der Waals surface area (Å²) in [4.78, 5) is 16.0. The van der Waals surface area contributed by atoms with Crippen LogP contribution in [0.3, 0.4) is 0 Å². The molecule has 1 N–H and O–H groups in total. The molecule has 0 unspecified atom stereocenters. The van der Waals surface area contributed by atoms with Crippen LogP contribution in [0.5, 0.6) is 11.5 Å². The van der Waals surface area contributed by atoms with Crippen LogP contribution in [0.25, 0.3) is 22.6 Å². The second-order valence-electron chi connectivity index (χ2n) is 6.57. The Morgan fingerprint density at radius 3 is 2.63 bits per heavy atom. The van der Waals surface area contributed by atoms with Crippen LogP contribution >= 0.6 is 23.2 Å². The molecule has 1 aromatic carbocycles. The van der Waals surface area contributed by atoms with Crippen molar-refractivity contribution < 1.29 is 9.47 Å². The van der Waals surface area contributed by atoms with E-state index in [1.165, 1.54) is 0 Å². The van der Waals surface area contributed by atoms with Gasteiger partial charge in [0.15, 0.2) is 0 Å². The van der Waals surface area contributed by atoms with E-state index in [-0.39, 0.29) is 0 Å². The number of ether oxygens (including phenoxy) is 2. The van der Waals surface area contributed by atoms with Gasteiger partial charge in [-0.2, -0.15) is 0 Å². The molecule has 8 heteroatoms. The predicted octanol–water partition coefficient (Wildman–Crippen LogP) is 5.74. The Labute approximate surface area is 183 Å². The average Bonchev–Trinajstić information content (AvgIpc) is 3.14. The highest BCUT2D eigenvalue weighted by atomic mass is 35.5. The van der Waals surface area contributed by atoms with E-state index in [4.69, 9.17) is 32.7 Å². The number of imidazole rings is 1. The lowest BCUT2D eigenvalue weighted by molar-refractivity contribution is 0.303. The zero-order valence-corrected chi connectivity index (χ0v) is 17.8. The van der Waals surface area contributed by atoms with Crippen LogP contribution in [-0.2, 0) is 6.61 Å². The summed E-state index contributed by atoms with van der Waals surface area (Å²) >= 11 is 12.3. The maximum atomic E-state index is 6.43. The first-order chi connectivity index (χ1) is 14.5. The number of rotatable bonds is 6. The van der Waals surface area contributed by atoms with Crippen LogP contribution in [0.4, 0.5) is 0 Å². The van der Waals surface area contributed by atoms with Crippen LogP contribution in [0, 0.1) is 6.92 Å². The molecule has 3 heterocycles. The first-order valence-corrected chi connectivity index (χ1v) is 9.89. The quantitative estimate of drug-likeness (QED) is 0.387. The van der Waals surface area contributed by atoms with Gasteiger partial charge in [-0.05, 0) is 48.9 Å². The van der Waals surface area contributed by atoms with Gasteiger partial charge in [0.2, 0.25) is 0 Å². The normalized spacial score (nSPS) is 10.8. The standard InChI is InChI=1S/C22H18Cl2N4O2/c1-13-9-14(7-8-25-13)12-30-16-4-5-17(18(10-16)29-2)20-21(24)28-22(27-20)15-3-6-19(23)26-11-15/h3-11H,12H2,1-2H3,(H,27,28). The van der Waals surface area contributed by atoms with E-state index in [2.05, 4.69) is 19.9 Å². The van der Waals surface area contributed by atoms with Crippen LogP contribution < -0.4 is 9.47 Å². The van der Waals surface area contributed by atoms with Gasteiger partial charge in [-0.3, -0.25) is 4.98 Å². The molecule has 0 aliphatic rings. The minimum atomic E-state index is 0.402. The molecule has 0 aliphatic heterocycles. The number of pyridine rings is 2. The van der Waals surface area contributed by atoms with E-state index in [0.717, 1.165) is 22.4 Å². The third kappa shape index (κ3) is 4.40. The smallest absolute Gasteiger partial charge is 0.140 e. The Bertz CT molecular complexity index is 1180. The third-order valence-corrected chi connectivity index (χ3v) is 4.95. The van der Waals surface area contributed by atoms with Gasteiger partial charge in [0.05, 0.1) is 7.11 Å². The topological polar surface area (TPSA) is 72.9 Å². The molecule has 30 heavy (non-hydrogen) atoms. The fourth-order valence-electron chi connectivity index (χ4n) is 3.00. The van der Waals surface area contributed by atoms with Crippen molar-refractivity contribution in [2.24, 2.45) is 0 Å². The molecule has 3 aromatic heterocycles. The highest BCUT2D eigenvalue weighted by Gasteiger charge is 2.17. The maximum absolute atomic E-state index is 6.43. The molecule has 0 amide bonds. The van der Waals surface area contributed by atoms with E-state index < -0.39 is 0 Å². The summed E-state index contributed by atoms with van der Waals surface area (Å²) in [5, 5.41) is 0.815. The number of benzene rings is 1. The van der Waals surface area contributed by atoms with Gasteiger partial charge in [0.1, 0.15) is 39.9 Å². The molecule has 0 atom stereocenters. The van der Waals surface area contributed by atoms with Crippen molar-refractivity contribution in [1.82, 2.24) is 19.9 Å². The zero-order chi connectivity index (χ0) is 21.1. The number of aryl methyl sites for hydroxylation is 1. The Morgan fingerprint density at radius 2 is 1.90 bits per heavy atom. The minimum absolute atomic E-state index is 0.402. The molecule has 0 spiro atoms. The van der Waals surface area contributed by atoms with Crippen molar-refractivity contribution in [2.75, 3.05) is 7.11 Å². The molecule has 152 valence electrons. The Kier molecular flexibility index (Phi) is 5.88. The number of halogens is 2. The van der Waals surface area contributed by atoms with Crippen LogP contribution in [-0.4, -0.2) is 27.0 Å². The second kappa shape index (κ2) is 8.73. The predicted molar refractivity (Wildman–Crippen MR) is 117 cm³/mol. The lowest BCUT2D eigenvalue weighted by Gasteiger charge is -2.11. The molecule has 0 aliphatic carbocycles. The van der Waals surface area contributed by atoms with Crippen molar-refractivity contribution in [3.63, 3.8) is 0 Å².